The van der Waals surface area contributed by atoms with Crippen molar-refractivity contribution in [2.45, 2.75) is 59.0 Å². The lowest BCUT2D eigenvalue weighted by molar-refractivity contribution is -0.127. The van der Waals surface area contributed by atoms with Gasteiger partial charge >= 0.3 is 0 Å². The van der Waals surface area contributed by atoms with Crippen molar-refractivity contribution < 1.29 is 13.9 Å². The third kappa shape index (κ3) is 4.31. The van der Waals surface area contributed by atoms with E-state index < -0.39 is 0 Å². The molecule has 0 aromatic rings. The summed E-state index contributed by atoms with van der Waals surface area (Å²) in [7, 11) is 1.71. The summed E-state index contributed by atoms with van der Waals surface area (Å²) >= 11 is 0. The van der Waals surface area contributed by atoms with E-state index in [2.05, 4.69) is 19.9 Å². The normalized spacial score (nSPS) is 25.1. The van der Waals surface area contributed by atoms with Gasteiger partial charge in [-0.25, -0.2) is 4.39 Å². The average Bonchev–Trinajstić information content (AvgIpc) is 2.53. The van der Waals surface area contributed by atoms with Gasteiger partial charge in [0, 0.05) is 37.1 Å². The van der Waals surface area contributed by atoms with Crippen LogP contribution >= 0.6 is 0 Å². The zero-order valence-electron chi connectivity index (χ0n) is 14.7. The third-order valence-corrected chi connectivity index (χ3v) is 4.77. The highest BCUT2D eigenvalue weighted by molar-refractivity contribution is 5.78. The largest absolute Gasteiger partial charge is 0.373 e. The molecule has 0 saturated heterocycles. The predicted octanol–water partition coefficient (Wildman–Crippen LogP) is 4.52. The lowest BCUT2D eigenvalue weighted by Crippen LogP contribution is -2.30. The maximum Gasteiger partial charge on any atom is 0.226 e. The first-order valence-electron chi connectivity index (χ1n) is 8.57. The fraction of sp³-hybridized carbons (Fsp3) is 0.632. The molecule has 3 nitrogen and oxygen atoms in total. The fourth-order valence-corrected chi connectivity index (χ4v) is 3.31. The van der Waals surface area contributed by atoms with Gasteiger partial charge in [0.05, 0.1) is 12.7 Å². The van der Waals surface area contributed by atoms with E-state index in [1.807, 2.05) is 13.0 Å². The van der Waals surface area contributed by atoms with Crippen LogP contribution in [0.15, 0.2) is 34.8 Å². The van der Waals surface area contributed by atoms with E-state index in [0.29, 0.717) is 36.5 Å². The molecular weight excluding hydrogens is 293 g/mol. The molecule has 4 heteroatoms. The Labute approximate surface area is 138 Å². The van der Waals surface area contributed by atoms with Gasteiger partial charge < -0.3 is 9.64 Å². The number of likely N-dealkylation sites (N-methyl/N-ethyl adjacent to an activating group) is 1. The number of hydrogen-bond donors (Lipinski definition) is 0. The summed E-state index contributed by atoms with van der Waals surface area (Å²) < 4.78 is 20.4. The molecule has 0 bridgehead atoms. The van der Waals surface area contributed by atoms with Crippen molar-refractivity contribution in [1.29, 1.82) is 0 Å². The van der Waals surface area contributed by atoms with E-state index >= 15 is 0 Å². The molecule has 0 fully saturated rings. The summed E-state index contributed by atoms with van der Waals surface area (Å²) in [6.45, 7) is 6.34. The average molecular weight is 321 g/mol. The lowest BCUT2D eigenvalue weighted by atomic mass is 9.89. The van der Waals surface area contributed by atoms with Crippen molar-refractivity contribution in [1.82, 2.24) is 4.90 Å². The van der Waals surface area contributed by atoms with Crippen molar-refractivity contribution in [3.63, 3.8) is 0 Å². The standard InChI is InChI=1S/C19H28FNO2/c1-5-19(22)21(4)17-8-6-7-16(20)15(17)12-23-18-10-9-13(2)11-14(18)3/h8,11,14,18H,5-7,9-10,12H2,1-4H3/t14?,18-/m0/s1. The first-order valence-corrected chi connectivity index (χ1v) is 8.57. The Bertz CT molecular complexity index is 548. The van der Waals surface area contributed by atoms with Crippen LogP contribution in [-0.2, 0) is 9.53 Å². The van der Waals surface area contributed by atoms with Crippen molar-refractivity contribution in [3.05, 3.63) is 34.8 Å². The minimum absolute atomic E-state index is 0.00644. The third-order valence-electron chi connectivity index (χ3n) is 4.77. The highest BCUT2D eigenvalue weighted by atomic mass is 19.1. The Hall–Kier alpha value is -1.42. The second kappa shape index (κ2) is 7.91. The molecule has 0 N–H and O–H groups in total. The molecule has 0 radical (unpaired) electrons. The van der Waals surface area contributed by atoms with Crippen molar-refractivity contribution in [2.75, 3.05) is 13.7 Å². The molecule has 0 aromatic heterocycles. The highest BCUT2D eigenvalue weighted by Gasteiger charge is 2.25. The lowest BCUT2D eigenvalue weighted by Gasteiger charge is -2.30. The summed E-state index contributed by atoms with van der Waals surface area (Å²) in [5, 5.41) is 0. The van der Waals surface area contributed by atoms with E-state index in [9.17, 15) is 9.18 Å². The van der Waals surface area contributed by atoms with Crippen LogP contribution in [0.1, 0.15) is 52.9 Å². The fourth-order valence-electron chi connectivity index (χ4n) is 3.31. The topological polar surface area (TPSA) is 29.5 Å². The first-order chi connectivity index (χ1) is 10.9. The van der Waals surface area contributed by atoms with Gasteiger partial charge in [-0.05, 0) is 26.2 Å². The molecule has 0 aromatic carbocycles. The van der Waals surface area contributed by atoms with Crippen molar-refractivity contribution in [2.24, 2.45) is 5.92 Å². The first kappa shape index (κ1) is 17.9. The molecule has 1 unspecified atom stereocenters. The molecule has 1 amide bonds. The van der Waals surface area contributed by atoms with Crippen LogP contribution in [0, 0.1) is 5.92 Å². The Morgan fingerprint density at radius 2 is 2.17 bits per heavy atom. The van der Waals surface area contributed by atoms with Crippen LogP contribution in [0.2, 0.25) is 0 Å². The second-order valence-electron chi connectivity index (χ2n) is 6.58. The SMILES string of the molecule is CCC(=O)N(C)C1=CCCC(F)=C1CO[C@H]1CCC(C)=CC1C. The zero-order chi connectivity index (χ0) is 17.0. The van der Waals surface area contributed by atoms with Gasteiger partial charge in [-0.3, -0.25) is 4.79 Å². The molecule has 23 heavy (non-hydrogen) atoms. The second-order valence-corrected chi connectivity index (χ2v) is 6.58. The van der Waals surface area contributed by atoms with Crippen molar-refractivity contribution >= 4 is 5.91 Å². The van der Waals surface area contributed by atoms with Crippen LogP contribution in [-0.4, -0.2) is 30.6 Å². The summed E-state index contributed by atoms with van der Waals surface area (Å²) in [5.41, 5.74) is 2.61. The van der Waals surface area contributed by atoms with E-state index in [0.717, 1.165) is 12.8 Å². The number of carbonyl (C=O) groups is 1. The van der Waals surface area contributed by atoms with Crippen LogP contribution in [0.3, 0.4) is 0 Å². The number of carbonyl (C=O) groups excluding carboxylic acids is 1. The molecule has 0 aliphatic heterocycles. The van der Waals surface area contributed by atoms with Gasteiger partial charge in [0.2, 0.25) is 5.91 Å². The molecule has 0 spiro atoms. The van der Waals surface area contributed by atoms with Crippen LogP contribution < -0.4 is 0 Å². The Balaban J connectivity index is 2.07. The van der Waals surface area contributed by atoms with E-state index in [1.165, 1.54) is 5.57 Å². The van der Waals surface area contributed by atoms with E-state index in [1.54, 1.807) is 11.9 Å². The number of rotatable bonds is 5. The van der Waals surface area contributed by atoms with Crippen molar-refractivity contribution in [3.8, 4) is 0 Å². The van der Waals surface area contributed by atoms with Crippen LogP contribution in [0.25, 0.3) is 0 Å². The van der Waals surface area contributed by atoms with Crippen LogP contribution in [0.4, 0.5) is 4.39 Å². The molecule has 2 atom stereocenters. The monoisotopic (exact) mass is 321 g/mol. The predicted molar refractivity (Wildman–Crippen MR) is 90.4 cm³/mol. The van der Waals surface area contributed by atoms with Gasteiger partial charge in [-0.15, -0.1) is 0 Å². The Morgan fingerprint density at radius 1 is 1.43 bits per heavy atom. The summed E-state index contributed by atoms with van der Waals surface area (Å²) in [4.78, 5) is 13.5. The van der Waals surface area contributed by atoms with Gasteiger partial charge in [-0.1, -0.05) is 31.6 Å². The quantitative estimate of drug-likeness (QED) is 0.697. The Morgan fingerprint density at radius 3 is 2.83 bits per heavy atom. The van der Waals surface area contributed by atoms with Gasteiger partial charge in [0.25, 0.3) is 0 Å². The highest BCUT2D eigenvalue weighted by Crippen LogP contribution is 2.31. The number of nitrogens with zero attached hydrogens (tertiary/aromatic N) is 1. The Kier molecular flexibility index (Phi) is 6.17. The smallest absolute Gasteiger partial charge is 0.226 e. The molecule has 2 aliphatic carbocycles. The van der Waals surface area contributed by atoms with Crippen LogP contribution in [0.5, 0.6) is 0 Å². The number of amides is 1. The molecule has 0 saturated carbocycles. The van der Waals surface area contributed by atoms with E-state index in [4.69, 9.17) is 4.74 Å². The molecule has 2 aliphatic rings. The van der Waals surface area contributed by atoms with Gasteiger partial charge in [0.15, 0.2) is 0 Å². The molecule has 0 heterocycles. The minimum Gasteiger partial charge on any atom is -0.373 e. The number of allylic oxidation sites excluding steroid dienone is 3. The summed E-state index contributed by atoms with van der Waals surface area (Å²) in [6.07, 6.45) is 7.76. The number of hydrogen-bond acceptors (Lipinski definition) is 2. The number of halogens is 1. The molecule has 128 valence electrons. The molecular formula is C19H28FNO2. The summed E-state index contributed by atoms with van der Waals surface area (Å²) in [6, 6.07) is 0. The van der Waals surface area contributed by atoms with Gasteiger partial charge in [-0.2, -0.15) is 0 Å². The summed E-state index contributed by atoms with van der Waals surface area (Å²) in [5.74, 6) is 0.194. The van der Waals surface area contributed by atoms with Gasteiger partial charge in [0.1, 0.15) is 5.83 Å². The minimum atomic E-state index is -0.145. The maximum absolute atomic E-state index is 14.3. The number of ether oxygens (including phenoxy) is 1. The zero-order valence-corrected chi connectivity index (χ0v) is 14.7. The molecule has 2 rings (SSSR count). The van der Waals surface area contributed by atoms with E-state index in [-0.39, 0.29) is 24.4 Å². The maximum atomic E-state index is 14.3.